The smallest absolute Gasteiger partial charge is 0.226 e. The van der Waals surface area contributed by atoms with Gasteiger partial charge in [-0.15, -0.1) is 0 Å². The molecule has 0 radical (unpaired) electrons. The highest BCUT2D eigenvalue weighted by Gasteiger charge is 2.21. The number of amides is 1. The first-order valence-electron chi connectivity index (χ1n) is 11.5. The summed E-state index contributed by atoms with van der Waals surface area (Å²) in [7, 11) is 1.61. The topological polar surface area (TPSA) is 65.4 Å². The van der Waals surface area contributed by atoms with Crippen LogP contribution in [-0.4, -0.2) is 22.8 Å². The first-order valence-corrected chi connectivity index (χ1v) is 11.5. The number of hydrogen-bond donors (Lipinski definition) is 1. The number of aryl methyl sites for hydroxylation is 2. The number of ether oxygens (including phenoxy) is 2. The third-order valence-corrected chi connectivity index (χ3v) is 5.62. The maximum Gasteiger partial charge on any atom is 0.226 e. The summed E-state index contributed by atoms with van der Waals surface area (Å²) in [4.78, 5) is 12.7. The van der Waals surface area contributed by atoms with Gasteiger partial charge in [0.15, 0.2) is 0 Å². The molecule has 0 saturated carbocycles. The van der Waals surface area contributed by atoms with Crippen molar-refractivity contribution in [2.24, 2.45) is 0 Å². The number of hydrogen-bond acceptors (Lipinski definition) is 4. The third kappa shape index (κ3) is 5.87. The zero-order valence-electron chi connectivity index (χ0n) is 20.0. The van der Waals surface area contributed by atoms with Crippen molar-refractivity contribution in [3.05, 3.63) is 95.4 Å². The van der Waals surface area contributed by atoms with E-state index in [2.05, 4.69) is 5.32 Å². The Labute approximate surface area is 204 Å². The van der Waals surface area contributed by atoms with Crippen LogP contribution in [-0.2, 0) is 17.6 Å². The van der Waals surface area contributed by atoms with Crippen molar-refractivity contribution in [1.82, 2.24) is 9.78 Å². The molecule has 0 saturated heterocycles. The molecule has 0 atom stereocenters. The van der Waals surface area contributed by atoms with Crippen molar-refractivity contribution in [3.8, 4) is 23.1 Å². The van der Waals surface area contributed by atoms with Crippen LogP contribution in [0.4, 0.5) is 10.1 Å². The van der Waals surface area contributed by atoms with Crippen LogP contribution >= 0.6 is 0 Å². The zero-order valence-corrected chi connectivity index (χ0v) is 20.0. The first kappa shape index (κ1) is 24.0. The van der Waals surface area contributed by atoms with Gasteiger partial charge in [-0.25, -0.2) is 9.07 Å². The highest BCUT2D eigenvalue weighted by molar-refractivity contribution is 5.90. The number of nitrogens with one attached hydrogen (secondary N) is 1. The Morgan fingerprint density at radius 3 is 2.43 bits per heavy atom. The van der Waals surface area contributed by atoms with Crippen LogP contribution in [0.2, 0.25) is 0 Å². The molecule has 7 heteroatoms. The molecule has 6 nitrogen and oxygen atoms in total. The molecule has 0 aliphatic heterocycles. The van der Waals surface area contributed by atoms with Gasteiger partial charge in [0.1, 0.15) is 17.3 Å². The predicted molar refractivity (Wildman–Crippen MR) is 134 cm³/mol. The summed E-state index contributed by atoms with van der Waals surface area (Å²) in [6.07, 6.45) is 1.31. The number of halogens is 1. The Bertz CT molecular complexity index is 1300. The molecule has 0 aliphatic carbocycles. The second-order valence-corrected chi connectivity index (χ2v) is 8.17. The lowest BCUT2D eigenvalue weighted by molar-refractivity contribution is -0.116. The predicted octanol–water partition coefficient (Wildman–Crippen LogP) is 6.25. The van der Waals surface area contributed by atoms with E-state index >= 15 is 0 Å². The number of carbonyl (C=O) groups is 1. The Morgan fingerprint density at radius 2 is 1.77 bits per heavy atom. The fraction of sp³-hybridized carbons (Fsp3) is 0.214. The molecular formula is C28H28FN3O3. The molecule has 180 valence electrons. The highest BCUT2D eigenvalue weighted by atomic mass is 19.1. The van der Waals surface area contributed by atoms with Crippen LogP contribution in [0, 0.1) is 12.7 Å². The average molecular weight is 474 g/mol. The van der Waals surface area contributed by atoms with Gasteiger partial charge in [0.2, 0.25) is 11.8 Å². The molecule has 35 heavy (non-hydrogen) atoms. The Kier molecular flexibility index (Phi) is 7.45. The van der Waals surface area contributed by atoms with Gasteiger partial charge in [0, 0.05) is 23.7 Å². The average Bonchev–Trinajstić information content (AvgIpc) is 3.21. The molecule has 1 heterocycles. The lowest BCUT2D eigenvalue weighted by Crippen LogP contribution is -2.12. The van der Waals surface area contributed by atoms with E-state index in [0.717, 1.165) is 33.9 Å². The van der Waals surface area contributed by atoms with E-state index in [1.807, 2.05) is 62.4 Å². The van der Waals surface area contributed by atoms with Gasteiger partial charge in [-0.1, -0.05) is 30.7 Å². The van der Waals surface area contributed by atoms with Gasteiger partial charge in [0.25, 0.3) is 0 Å². The lowest BCUT2D eigenvalue weighted by Gasteiger charge is -2.12. The van der Waals surface area contributed by atoms with Gasteiger partial charge < -0.3 is 14.8 Å². The standard InChI is InChI=1S/C28H28FN3O3/c1-4-26-25(16-17-27(33)30-21-10-8-19(2)9-11-21)28(35-24-7-5-6-20(29)18-24)32(31-26)22-12-14-23(34-3)15-13-22/h5-15,18H,4,16-17H2,1-3H3,(H,30,33). The minimum Gasteiger partial charge on any atom is -0.497 e. The quantitative estimate of drug-likeness (QED) is 0.312. The van der Waals surface area contributed by atoms with Crippen LogP contribution in [0.3, 0.4) is 0 Å². The van der Waals surface area contributed by atoms with Crippen molar-refractivity contribution in [2.45, 2.75) is 33.1 Å². The monoisotopic (exact) mass is 473 g/mol. The van der Waals surface area contributed by atoms with Gasteiger partial charge >= 0.3 is 0 Å². The highest BCUT2D eigenvalue weighted by Crippen LogP contribution is 2.33. The SMILES string of the molecule is CCc1nn(-c2ccc(OC)cc2)c(Oc2cccc(F)c2)c1CCC(=O)Nc1ccc(C)cc1. The summed E-state index contributed by atoms with van der Waals surface area (Å²) in [5.41, 5.74) is 4.27. The van der Waals surface area contributed by atoms with Crippen LogP contribution in [0.1, 0.15) is 30.2 Å². The summed E-state index contributed by atoms with van der Waals surface area (Å²) < 4.78 is 27.0. The molecule has 1 aromatic heterocycles. The molecule has 0 bridgehead atoms. The van der Waals surface area contributed by atoms with E-state index < -0.39 is 5.82 Å². The van der Waals surface area contributed by atoms with Gasteiger partial charge in [-0.05, 0) is 68.3 Å². The third-order valence-electron chi connectivity index (χ3n) is 5.62. The van der Waals surface area contributed by atoms with Gasteiger partial charge in [-0.2, -0.15) is 5.10 Å². The van der Waals surface area contributed by atoms with Crippen LogP contribution < -0.4 is 14.8 Å². The molecule has 0 fully saturated rings. The van der Waals surface area contributed by atoms with Crippen LogP contribution in [0.15, 0.2) is 72.8 Å². The van der Waals surface area contributed by atoms with Crippen LogP contribution in [0.5, 0.6) is 17.4 Å². The molecule has 3 aromatic carbocycles. The van der Waals surface area contributed by atoms with E-state index in [4.69, 9.17) is 14.6 Å². The fourth-order valence-corrected chi connectivity index (χ4v) is 3.76. The summed E-state index contributed by atoms with van der Waals surface area (Å²) >= 11 is 0. The number of carbonyl (C=O) groups excluding carboxylic acids is 1. The van der Waals surface area contributed by atoms with E-state index in [-0.39, 0.29) is 12.3 Å². The summed E-state index contributed by atoms with van der Waals surface area (Å²) in [6.45, 7) is 4.00. The largest absolute Gasteiger partial charge is 0.497 e. The van der Waals surface area contributed by atoms with Crippen molar-refractivity contribution >= 4 is 11.6 Å². The van der Waals surface area contributed by atoms with Crippen molar-refractivity contribution in [2.75, 3.05) is 12.4 Å². The number of rotatable bonds is 9. The molecule has 0 aliphatic rings. The Morgan fingerprint density at radius 1 is 1.03 bits per heavy atom. The molecule has 1 N–H and O–H groups in total. The molecule has 1 amide bonds. The Balaban J connectivity index is 1.65. The van der Waals surface area contributed by atoms with Gasteiger partial charge in [0.05, 0.1) is 18.5 Å². The molecule has 4 rings (SSSR count). The van der Waals surface area contributed by atoms with E-state index in [0.29, 0.717) is 24.5 Å². The van der Waals surface area contributed by atoms with E-state index in [9.17, 15) is 9.18 Å². The second-order valence-electron chi connectivity index (χ2n) is 8.17. The zero-order chi connectivity index (χ0) is 24.8. The van der Waals surface area contributed by atoms with E-state index in [1.54, 1.807) is 23.9 Å². The number of nitrogens with zero attached hydrogens (tertiary/aromatic N) is 2. The van der Waals surface area contributed by atoms with Crippen LogP contribution in [0.25, 0.3) is 5.69 Å². The van der Waals surface area contributed by atoms with Crippen molar-refractivity contribution < 1.29 is 18.7 Å². The normalized spacial score (nSPS) is 10.7. The summed E-state index contributed by atoms with van der Waals surface area (Å²) in [5.74, 6) is 1.03. The van der Waals surface area contributed by atoms with Crippen molar-refractivity contribution in [3.63, 3.8) is 0 Å². The maximum absolute atomic E-state index is 13.9. The number of benzene rings is 3. The second kappa shape index (κ2) is 10.9. The molecule has 0 unspecified atom stereocenters. The molecule has 4 aromatic rings. The number of methoxy groups -OCH3 is 1. The van der Waals surface area contributed by atoms with Crippen molar-refractivity contribution in [1.29, 1.82) is 0 Å². The van der Waals surface area contributed by atoms with Gasteiger partial charge in [-0.3, -0.25) is 4.79 Å². The molecular weight excluding hydrogens is 445 g/mol. The maximum atomic E-state index is 13.9. The fourth-order valence-electron chi connectivity index (χ4n) is 3.76. The first-order chi connectivity index (χ1) is 17.0. The van der Waals surface area contributed by atoms with E-state index in [1.165, 1.54) is 12.1 Å². The number of anilines is 1. The lowest BCUT2D eigenvalue weighted by atomic mass is 10.1. The number of aromatic nitrogens is 2. The molecule has 0 spiro atoms. The summed E-state index contributed by atoms with van der Waals surface area (Å²) in [5, 5.41) is 7.70. The minimum absolute atomic E-state index is 0.107. The Hall–Kier alpha value is -4.13. The summed E-state index contributed by atoms with van der Waals surface area (Å²) in [6, 6.07) is 21.1. The minimum atomic E-state index is -0.396.